The van der Waals surface area contributed by atoms with Crippen LogP contribution in [0, 0.1) is 0 Å². The average Bonchev–Trinajstić information content (AvgIpc) is 3.05. The third kappa shape index (κ3) is 4.59. The molecule has 1 aromatic heterocycles. The molecule has 1 saturated carbocycles. The molecule has 1 aliphatic carbocycles. The molecule has 0 saturated heterocycles. The molecule has 140 valence electrons. The first-order valence-corrected chi connectivity index (χ1v) is 10.7. The maximum atomic E-state index is 12.2. The van der Waals surface area contributed by atoms with Gasteiger partial charge in [-0.2, -0.15) is 0 Å². The largest absolute Gasteiger partial charge is 0.507 e. The van der Waals surface area contributed by atoms with Crippen molar-refractivity contribution in [3.05, 3.63) is 22.7 Å². The van der Waals surface area contributed by atoms with E-state index in [1.807, 2.05) is 17.6 Å². The molecule has 2 aromatic rings. The third-order valence-corrected chi connectivity index (χ3v) is 6.00. The van der Waals surface area contributed by atoms with Gasteiger partial charge in [0.05, 0.1) is 11.3 Å². The van der Waals surface area contributed by atoms with Crippen LogP contribution in [0.15, 0.2) is 27.8 Å². The van der Waals surface area contributed by atoms with Crippen LogP contribution < -0.4 is 5.32 Å². The highest BCUT2D eigenvalue weighted by atomic mass is 79.9. The second-order valence-electron chi connectivity index (χ2n) is 6.40. The van der Waals surface area contributed by atoms with Gasteiger partial charge in [-0.15, -0.1) is 10.2 Å². The number of thioether (sulfide) groups is 1. The lowest BCUT2D eigenvalue weighted by Gasteiger charge is -2.22. The van der Waals surface area contributed by atoms with Crippen molar-refractivity contribution in [3.63, 3.8) is 0 Å². The minimum Gasteiger partial charge on any atom is -0.507 e. The number of nitrogens with zero attached hydrogens (tertiary/aromatic N) is 3. The van der Waals surface area contributed by atoms with E-state index in [1.54, 1.807) is 12.1 Å². The normalized spacial score (nSPS) is 15.2. The second-order valence-corrected chi connectivity index (χ2v) is 8.26. The summed E-state index contributed by atoms with van der Waals surface area (Å²) >= 11 is 4.79. The van der Waals surface area contributed by atoms with Gasteiger partial charge in [-0.25, -0.2) is 0 Å². The molecule has 0 unspecified atom stereocenters. The molecule has 3 rings (SSSR count). The van der Waals surface area contributed by atoms with Crippen molar-refractivity contribution in [1.29, 1.82) is 0 Å². The zero-order valence-electron chi connectivity index (χ0n) is 14.7. The number of aromatic hydroxyl groups is 1. The number of hydrogen-bond acceptors (Lipinski definition) is 5. The molecule has 2 N–H and O–H groups in total. The monoisotopic (exact) mass is 438 g/mol. The molecule has 0 atom stereocenters. The minimum absolute atomic E-state index is 0.0411. The van der Waals surface area contributed by atoms with Gasteiger partial charge in [0.25, 0.3) is 0 Å². The Hall–Kier alpha value is -1.54. The lowest BCUT2D eigenvalue weighted by molar-refractivity contribution is -0.119. The molecule has 1 aromatic carbocycles. The molecule has 0 spiro atoms. The highest BCUT2D eigenvalue weighted by molar-refractivity contribution is 9.10. The van der Waals surface area contributed by atoms with Crippen LogP contribution in [-0.4, -0.2) is 37.6 Å². The SMILES string of the molecule is CCn1c(SCC(=O)NC2CCCCC2)nnc1-c1cc(Br)ccc1O. The summed E-state index contributed by atoms with van der Waals surface area (Å²) in [5.41, 5.74) is 0.618. The first-order chi connectivity index (χ1) is 12.6. The third-order valence-electron chi connectivity index (χ3n) is 4.54. The summed E-state index contributed by atoms with van der Waals surface area (Å²) < 4.78 is 2.78. The van der Waals surface area contributed by atoms with Gasteiger partial charge >= 0.3 is 0 Å². The van der Waals surface area contributed by atoms with E-state index >= 15 is 0 Å². The van der Waals surface area contributed by atoms with Gasteiger partial charge in [-0.1, -0.05) is 47.0 Å². The lowest BCUT2D eigenvalue weighted by atomic mass is 9.95. The molecule has 1 fully saturated rings. The van der Waals surface area contributed by atoms with E-state index in [0.29, 0.717) is 34.9 Å². The molecule has 1 amide bonds. The molecule has 1 aliphatic rings. The predicted octanol–water partition coefficient (Wildman–Crippen LogP) is 3.97. The lowest BCUT2D eigenvalue weighted by Crippen LogP contribution is -2.37. The first kappa shape index (κ1) is 19.2. The Labute approximate surface area is 165 Å². The number of aromatic nitrogens is 3. The van der Waals surface area contributed by atoms with Crippen LogP contribution in [0.3, 0.4) is 0 Å². The minimum atomic E-state index is 0.0411. The van der Waals surface area contributed by atoms with Gasteiger partial charge in [0.15, 0.2) is 11.0 Å². The molecule has 0 aliphatic heterocycles. The Morgan fingerprint density at radius 3 is 2.85 bits per heavy atom. The van der Waals surface area contributed by atoms with Crippen molar-refractivity contribution in [2.45, 2.75) is 56.8 Å². The Kier molecular flexibility index (Phi) is 6.58. The summed E-state index contributed by atoms with van der Waals surface area (Å²) in [4.78, 5) is 12.2. The maximum Gasteiger partial charge on any atom is 0.230 e. The van der Waals surface area contributed by atoms with Crippen LogP contribution >= 0.6 is 27.7 Å². The van der Waals surface area contributed by atoms with Crippen molar-refractivity contribution in [2.75, 3.05) is 5.75 Å². The van der Waals surface area contributed by atoms with Crippen molar-refractivity contribution in [3.8, 4) is 17.1 Å². The highest BCUT2D eigenvalue weighted by Crippen LogP contribution is 2.32. The number of benzene rings is 1. The van der Waals surface area contributed by atoms with Crippen molar-refractivity contribution >= 4 is 33.6 Å². The zero-order chi connectivity index (χ0) is 18.5. The fourth-order valence-electron chi connectivity index (χ4n) is 3.21. The number of hydrogen-bond donors (Lipinski definition) is 2. The van der Waals surface area contributed by atoms with E-state index in [9.17, 15) is 9.90 Å². The Morgan fingerprint density at radius 1 is 1.35 bits per heavy atom. The molecule has 0 radical (unpaired) electrons. The number of phenolic OH excluding ortho intramolecular Hbond substituents is 1. The van der Waals surface area contributed by atoms with E-state index in [-0.39, 0.29) is 11.7 Å². The van der Waals surface area contributed by atoms with Gasteiger partial charge in [-0.05, 0) is 38.0 Å². The maximum absolute atomic E-state index is 12.2. The van der Waals surface area contributed by atoms with Gasteiger partial charge < -0.3 is 15.0 Å². The smallest absolute Gasteiger partial charge is 0.230 e. The zero-order valence-corrected chi connectivity index (χ0v) is 17.1. The number of amides is 1. The standard InChI is InChI=1S/C18H23BrN4O2S/c1-2-23-17(14-10-12(19)8-9-15(14)24)21-22-18(23)26-11-16(25)20-13-6-4-3-5-7-13/h8-10,13,24H,2-7,11H2,1H3,(H,20,25). The Bertz CT molecular complexity index is 775. The second kappa shape index (κ2) is 8.90. The van der Waals surface area contributed by atoms with Gasteiger partial charge in [0, 0.05) is 17.1 Å². The molecular formula is C18H23BrN4O2S. The number of carbonyl (C=O) groups is 1. The van der Waals surface area contributed by atoms with E-state index in [4.69, 9.17) is 0 Å². The first-order valence-electron chi connectivity index (χ1n) is 8.92. The number of phenols is 1. The van der Waals surface area contributed by atoms with Crippen molar-refractivity contribution in [2.24, 2.45) is 0 Å². The van der Waals surface area contributed by atoms with Crippen LogP contribution in [0.25, 0.3) is 11.4 Å². The molecule has 1 heterocycles. The van der Waals surface area contributed by atoms with Crippen LogP contribution in [0.4, 0.5) is 0 Å². The Balaban J connectivity index is 1.68. The van der Waals surface area contributed by atoms with Gasteiger partial charge in [-0.3, -0.25) is 4.79 Å². The molecule has 26 heavy (non-hydrogen) atoms. The number of carbonyl (C=O) groups excluding carboxylic acids is 1. The van der Waals surface area contributed by atoms with E-state index < -0.39 is 0 Å². The van der Waals surface area contributed by atoms with Crippen molar-refractivity contribution in [1.82, 2.24) is 20.1 Å². The van der Waals surface area contributed by atoms with E-state index in [1.165, 1.54) is 31.0 Å². The fourth-order valence-corrected chi connectivity index (χ4v) is 4.39. The quantitative estimate of drug-likeness (QED) is 0.666. The van der Waals surface area contributed by atoms with Crippen molar-refractivity contribution < 1.29 is 9.90 Å². The summed E-state index contributed by atoms with van der Waals surface area (Å²) in [6, 6.07) is 5.53. The van der Waals surface area contributed by atoms with Crippen LogP contribution in [-0.2, 0) is 11.3 Å². The topological polar surface area (TPSA) is 80.0 Å². The molecular weight excluding hydrogens is 416 g/mol. The summed E-state index contributed by atoms with van der Waals surface area (Å²) in [6.07, 6.45) is 5.82. The number of halogens is 1. The summed E-state index contributed by atoms with van der Waals surface area (Å²) in [6.45, 7) is 2.65. The number of nitrogens with one attached hydrogen (secondary N) is 1. The van der Waals surface area contributed by atoms with E-state index in [0.717, 1.165) is 17.3 Å². The molecule has 0 bridgehead atoms. The average molecular weight is 439 g/mol. The van der Waals surface area contributed by atoms with Gasteiger partial charge in [0.2, 0.25) is 5.91 Å². The number of rotatable bonds is 6. The van der Waals surface area contributed by atoms with Crippen LogP contribution in [0.5, 0.6) is 5.75 Å². The van der Waals surface area contributed by atoms with Crippen LogP contribution in [0.2, 0.25) is 0 Å². The highest BCUT2D eigenvalue weighted by Gasteiger charge is 2.19. The summed E-state index contributed by atoms with van der Waals surface area (Å²) in [5.74, 6) is 1.11. The fraction of sp³-hybridized carbons (Fsp3) is 0.500. The molecule has 8 heteroatoms. The van der Waals surface area contributed by atoms with Gasteiger partial charge in [0.1, 0.15) is 5.75 Å². The Morgan fingerprint density at radius 2 is 2.12 bits per heavy atom. The van der Waals surface area contributed by atoms with E-state index in [2.05, 4.69) is 31.4 Å². The van der Waals surface area contributed by atoms with Crippen LogP contribution in [0.1, 0.15) is 39.0 Å². The molecule has 6 nitrogen and oxygen atoms in total. The summed E-state index contributed by atoms with van der Waals surface area (Å²) in [5, 5.41) is 22.4. The predicted molar refractivity (Wildman–Crippen MR) is 106 cm³/mol. The summed E-state index contributed by atoms with van der Waals surface area (Å²) in [7, 11) is 0.